The van der Waals surface area contributed by atoms with Gasteiger partial charge in [-0.1, -0.05) is 141 Å². The van der Waals surface area contributed by atoms with Crippen LogP contribution in [0.25, 0.3) is 0 Å². The van der Waals surface area contributed by atoms with Crippen LogP contribution in [0.1, 0.15) is 194 Å². The fraction of sp³-hybridized carbons (Fsp3) is 0.816. The van der Waals surface area contributed by atoms with Gasteiger partial charge in [0.05, 0.1) is 0 Å². The van der Waals surface area contributed by atoms with E-state index >= 15 is 0 Å². The normalized spacial score (nSPS) is 11.6. The third-order valence-corrected chi connectivity index (χ3v) is 8.22. The lowest BCUT2D eigenvalue weighted by atomic mass is 10.1. The van der Waals surface area contributed by atoms with Crippen molar-refractivity contribution in [3.05, 3.63) is 24.3 Å². The number of nitrogens with zero attached hydrogens (tertiary/aromatic N) is 1. The minimum Gasteiger partial charge on any atom is -0.368 e. The summed E-state index contributed by atoms with van der Waals surface area (Å²) in [5.41, 5.74) is 5.34. The Hall–Kier alpha value is -1.91. The van der Waals surface area contributed by atoms with Crippen LogP contribution in [0.5, 0.6) is 0 Å². The lowest BCUT2D eigenvalue weighted by Gasteiger charge is -2.19. The zero-order chi connectivity index (χ0) is 31.6. The third kappa shape index (κ3) is 29.9. The molecule has 0 aromatic carbocycles. The van der Waals surface area contributed by atoms with E-state index in [4.69, 9.17) is 5.73 Å². The van der Waals surface area contributed by atoms with Gasteiger partial charge in [0, 0.05) is 12.8 Å². The number of rotatable bonds is 32. The molecule has 0 unspecified atom stereocenters. The van der Waals surface area contributed by atoms with Crippen LogP contribution in [0, 0.1) is 0 Å². The van der Waals surface area contributed by atoms with Crippen LogP contribution in [-0.4, -0.2) is 29.2 Å². The predicted molar refractivity (Wildman–Crippen MR) is 185 cm³/mol. The maximum atomic E-state index is 12.7. The standard InChI is InChI=1S/C38H70N2O3/c1-3-5-7-9-11-13-15-17-19-21-23-25-27-29-31-33-37(42)40(35-36(39)41)38(43)34-32-30-28-26-24-22-20-18-16-14-12-10-8-6-4-2/h17-20H,3-16,21-35H2,1-2H3,(H2,39,41)/b19-17-,20-18-. The molecular weight excluding hydrogens is 532 g/mol. The average molecular weight is 603 g/mol. The summed E-state index contributed by atoms with van der Waals surface area (Å²) < 4.78 is 0. The molecule has 2 N–H and O–H groups in total. The van der Waals surface area contributed by atoms with Gasteiger partial charge in [-0.05, 0) is 64.2 Å². The van der Waals surface area contributed by atoms with E-state index in [0.717, 1.165) is 69.1 Å². The van der Waals surface area contributed by atoms with E-state index in [-0.39, 0.29) is 18.4 Å². The molecule has 43 heavy (non-hydrogen) atoms. The van der Waals surface area contributed by atoms with Crippen molar-refractivity contribution in [3.63, 3.8) is 0 Å². The average Bonchev–Trinajstić information content (AvgIpc) is 2.99. The molecule has 0 heterocycles. The number of hydrogen-bond donors (Lipinski definition) is 1. The monoisotopic (exact) mass is 603 g/mol. The first kappa shape index (κ1) is 41.1. The second-order valence-electron chi connectivity index (χ2n) is 12.5. The molecule has 0 aliphatic rings. The van der Waals surface area contributed by atoms with Gasteiger partial charge in [-0.2, -0.15) is 0 Å². The summed E-state index contributed by atoms with van der Waals surface area (Å²) in [6.07, 6.45) is 41.1. The van der Waals surface area contributed by atoms with Crippen LogP contribution in [-0.2, 0) is 14.4 Å². The first-order chi connectivity index (χ1) is 21.0. The Kier molecular flexibility index (Phi) is 31.5. The smallest absolute Gasteiger partial charge is 0.237 e. The molecule has 5 nitrogen and oxygen atoms in total. The first-order valence-electron chi connectivity index (χ1n) is 18.4. The third-order valence-electron chi connectivity index (χ3n) is 8.22. The molecule has 5 heteroatoms. The Bertz CT molecular complexity index is 664. The molecule has 0 saturated carbocycles. The van der Waals surface area contributed by atoms with Gasteiger partial charge < -0.3 is 5.73 Å². The summed E-state index contributed by atoms with van der Waals surface area (Å²) in [5.74, 6) is -1.14. The number of unbranched alkanes of at least 4 members (excludes halogenated alkanes) is 22. The SMILES string of the molecule is CCCCCCCC/C=C\CCCCCCCC(=O)N(CC(N)=O)C(=O)CCCCCCC/C=C\CCCCCCCC. The number of carbonyl (C=O) groups is 3. The van der Waals surface area contributed by atoms with Gasteiger partial charge in [0.2, 0.25) is 17.7 Å². The van der Waals surface area contributed by atoms with Crippen molar-refractivity contribution in [1.82, 2.24) is 4.90 Å². The van der Waals surface area contributed by atoms with Crippen molar-refractivity contribution in [2.45, 2.75) is 194 Å². The molecule has 0 atom stereocenters. The van der Waals surface area contributed by atoms with Crippen molar-refractivity contribution >= 4 is 17.7 Å². The molecule has 0 aromatic rings. The Morgan fingerprint density at radius 2 is 0.721 bits per heavy atom. The van der Waals surface area contributed by atoms with Gasteiger partial charge in [-0.15, -0.1) is 0 Å². The van der Waals surface area contributed by atoms with Gasteiger partial charge in [-0.25, -0.2) is 0 Å². The van der Waals surface area contributed by atoms with E-state index in [2.05, 4.69) is 38.2 Å². The Morgan fingerprint density at radius 3 is 1.02 bits per heavy atom. The largest absolute Gasteiger partial charge is 0.368 e. The lowest BCUT2D eigenvalue weighted by Crippen LogP contribution is -2.42. The number of carbonyl (C=O) groups excluding carboxylic acids is 3. The number of primary amides is 1. The van der Waals surface area contributed by atoms with Crippen LogP contribution < -0.4 is 5.73 Å². The van der Waals surface area contributed by atoms with Crippen molar-refractivity contribution in [1.29, 1.82) is 0 Å². The first-order valence-corrected chi connectivity index (χ1v) is 18.4. The van der Waals surface area contributed by atoms with E-state index < -0.39 is 5.91 Å². The van der Waals surface area contributed by atoms with Gasteiger partial charge in [-0.3, -0.25) is 19.3 Å². The molecule has 0 spiro atoms. The Balaban J connectivity index is 3.86. The molecule has 0 aliphatic carbocycles. The molecular formula is C38H70N2O3. The van der Waals surface area contributed by atoms with E-state index in [9.17, 15) is 14.4 Å². The number of nitrogens with two attached hydrogens (primary N) is 1. The quantitative estimate of drug-likeness (QED) is 0.0614. The van der Waals surface area contributed by atoms with E-state index in [0.29, 0.717) is 12.8 Å². The molecule has 0 bridgehead atoms. The zero-order valence-corrected chi connectivity index (χ0v) is 28.6. The summed E-state index contributed by atoms with van der Waals surface area (Å²) in [7, 11) is 0. The van der Waals surface area contributed by atoms with Crippen molar-refractivity contribution in [2.75, 3.05) is 6.54 Å². The molecule has 0 aromatic heterocycles. The van der Waals surface area contributed by atoms with E-state index in [1.54, 1.807) is 0 Å². The van der Waals surface area contributed by atoms with Crippen LogP contribution >= 0.6 is 0 Å². The van der Waals surface area contributed by atoms with Crippen LogP contribution in [0.3, 0.4) is 0 Å². The second kappa shape index (κ2) is 33.0. The molecule has 0 rings (SSSR count). The van der Waals surface area contributed by atoms with Crippen molar-refractivity contribution in [2.24, 2.45) is 5.73 Å². The highest BCUT2D eigenvalue weighted by molar-refractivity contribution is 5.98. The molecule has 250 valence electrons. The second-order valence-corrected chi connectivity index (χ2v) is 12.5. The summed E-state index contributed by atoms with van der Waals surface area (Å²) >= 11 is 0. The fourth-order valence-corrected chi connectivity index (χ4v) is 5.44. The van der Waals surface area contributed by atoms with Gasteiger partial charge >= 0.3 is 0 Å². The number of amides is 3. The molecule has 0 fully saturated rings. The van der Waals surface area contributed by atoms with E-state index in [1.165, 1.54) is 103 Å². The molecule has 0 aliphatic heterocycles. The number of allylic oxidation sites excluding steroid dienone is 4. The van der Waals surface area contributed by atoms with Crippen LogP contribution in [0.15, 0.2) is 24.3 Å². The van der Waals surface area contributed by atoms with Crippen LogP contribution in [0.2, 0.25) is 0 Å². The maximum Gasteiger partial charge on any atom is 0.237 e. The fourth-order valence-electron chi connectivity index (χ4n) is 5.44. The van der Waals surface area contributed by atoms with Crippen molar-refractivity contribution < 1.29 is 14.4 Å². The molecule has 3 amide bonds. The lowest BCUT2D eigenvalue weighted by molar-refractivity contribution is -0.147. The highest BCUT2D eigenvalue weighted by atomic mass is 16.2. The summed E-state index contributed by atoms with van der Waals surface area (Å²) in [5, 5.41) is 0. The summed E-state index contributed by atoms with van der Waals surface area (Å²) in [6.45, 7) is 4.22. The van der Waals surface area contributed by atoms with E-state index in [1.807, 2.05) is 0 Å². The topological polar surface area (TPSA) is 80.5 Å². The van der Waals surface area contributed by atoms with Gasteiger partial charge in [0.15, 0.2) is 0 Å². The molecule has 0 radical (unpaired) electrons. The summed E-state index contributed by atoms with van der Waals surface area (Å²) in [6, 6.07) is 0. The summed E-state index contributed by atoms with van der Waals surface area (Å²) in [4.78, 5) is 38.0. The zero-order valence-electron chi connectivity index (χ0n) is 28.6. The Labute approximate surface area is 266 Å². The highest BCUT2D eigenvalue weighted by Crippen LogP contribution is 2.13. The van der Waals surface area contributed by atoms with Crippen molar-refractivity contribution in [3.8, 4) is 0 Å². The van der Waals surface area contributed by atoms with Crippen LogP contribution in [0.4, 0.5) is 0 Å². The maximum absolute atomic E-state index is 12.7. The number of imide groups is 1. The van der Waals surface area contributed by atoms with Gasteiger partial charge in [0.1, 0.15) is 6.54 Å². The Morgan fingerprint density at radius 1 is 0.442 bits per heavy atom. The molecule has 0 saturated heterocycles. The predicted octanol–water partition coefficient (Wildman–Crippen LogP) is 10.9. The highest BCUT2D eigenvalue weighted by Gasteiger charge is 2.22. The minimum absolute atomic E-state index is 0.255. The minimum atomic E-state index is -0.629. The number of hydrogen-bond acceptors (Lipinski definition) is 3. The van der Waals surface area contributed by atoms with Gasteiger partial charge in [0.25, 0.3) is 0 Å².